The second kappa shape index (κ2) is 13.9. The van der Waals surface area contributed by atoms with Crippen molar-refractivity contribution in [2.45, 2.75) is 110 Å². The summed E-state index contributed by atoms with van der Waals surface area (Å²) in [5, 5.41) is 0. The molecular weight excluding hydrogens is 528 g/mol. The number of fused-ring (bicyclic) bond motifs is 1. The minimum atomic E-state index is -0.543. The molecule has 1 fully saturated rings. The SMILES string of the molecule is CC(C)(C)OC(=O)N1CCCc2ccc(CCCCCN(C(=O)OC(C)(C)C)[C@@H]3CCN(Cc4ccccc4)C3)nc21. The highest BCUT2D eigenvalue weighted by molar-refractivity contribution is 5.88. The number of carbonyl (C=O) groups excluding carboxylic acids is 2. The fourth-order valence-corrected chi connectivity index (χ4v) is 5.67. The second-order valence-electron chi connectivity index (χ2n) is 13.7. The van der Waals surface area contributed by atoms with E-state index >= 15 is 0 Å². The number of pyridine rings is 1. The van der Waals surface area contributed by atoms with Crippen LogP contribution in [0.4, 0.5) is 15.4 Å². The number of amides is 2. The van der Waals surface area contributed by atoms with Gasteiger partial charge in [-0.2, -0.15) is 0 Å². The maximum absolute atomic E-state index is 13.2. The van der Waals surface area contributed by atoms with Crippen molar-refractivity contribution in [2.24, 2.45) is 0 Å². The number of likely N-dealkylation sites (tertiary alicyclic amines) is 1. The number of anilines is 1. The Kier molecular flexibility index (Phi) is 10.5. The number of hydrogen-bond acceptors (Lipinski definition) is 6. The topological polar surface area (TPSA) is 75.2 Å². The average Bonchev–Trinajstić information content (AvgIpc) is 3.36. The number of ether oxygens (including phenoxy) is 2. The molecule has 1 saturated heterocycles. The van der Waals surface area contributed by atoms with Gasteiger partial charge in [0.15, 0.2) is 0 Å². The molecule has 230 valence electrons. The molecule has 3 heterocycles. The largest absolute Gasteiger partial charge is 0.444 e. The Balaban J connectivity index is 1.31. The van der Waals surface area contributed by atoms with Gasteiger partial charge in [-0.1, -0.05) is 42.8 Å². The smallest absolute Gasteiger partial charge is 0.416 e. The molecule has 1 aromatic carbocycles. The zero-order valence-corrected chi connectivity index (χ0v) is 26.5. The molecule has 8 nitrogen and oxygen atoms in total. The lowest BCUT2D eigenvalue weighted by molar-refractivity contribution is 0.0163. The quantitative estimate of drug-likeness (QED) is 0.299. The Hall–Kier alpha value is -3.13. The Morgan fingerprint density at radius 2 is 1.67 bits per heavy atom. The van der Waals surface area contributed by atoms with Crippen molar-refractivity contribution in [3.05, 3.63) is 59.3 Å². The van der Waals surface area contributed by atoms with Gasteiger partial charge >= 0.3 is 12.2 Å². The number of carbonyl (C=O) groups is 2. The molecule has 2 amide bonds. The highest BCUT2D eigenvalue weighted by Crippen LogP contribution is 2.28. The molecule has 1 atom stereocenters. The molecule has 0 N–H and O–H groups in total. The lowest BCUT2D eigenvalue weighted by atomic mass is 10.0. The molecule has 1 aromatic heterocycles. The predicted molar refractivity (Wildman–Crippen MR) is 167 cm³/mol. The Labute approximate surface area is 252 Å². The third kappa shape index (κ3) is 9.45. The molecule has 2 aromatic rings. The second-order valence-corrected chi connectivity index (χ2v) is 13.7. The summed E-state index contributed by atoms with van der Waals surface area (Å²) in [7, 11) is 0. The van der Waals surface area contributed by atoms with E-state index in [0.29, 0.717) is 13.1 Å². The van der Waals surface area contributed by atoms with Crippen molar-refractivity contribution in [3.8, 4) is 0 Å². The maximum atomic E-state index is 13.2. The molecule has 8 heteroatoms. The van der Waals surface area contributed by atoms with Crippen LogP contribution in [0, 0.1) is 0 Å². The molecule has 0 spiro atoms. The van der Waals surface area contributed by atoms with E-state index in [4.69, 9.17) is 14.5 Å². The van der Waals surface area contributed by atoms with Crippen LogP contribution in [0.15, 0.2) is 42.5 Å². The van der Waals surface area contributed by atoms with Crippen molar-refractivity contribution in [2.75, 3.05) is 31.1 Å². The number of rotatable bonds is 9. The Morgan fingerprint density at radius 1 is 0.929 bits per heavy atom. The molecule has 0 radical (unpaired) electrons. The van der Waals surface area contributed by atoms with Crippen LogP contribution in [0.3, 0.4) is 0 Å². The first-order valence-corrected chi connectivity index (χ1v) is 15.6. The Bertz CT molecular complexity index is 1190. The minimum absolute atomic E-state index is 0.157. The van der Waals surface area contributed by atoms with Gasteiger partial charge in [0.1, 0.15) is 17.0 Å². The zero-order valence-electron chi connectivity index (χ0n) is 26.5. The lowest BCUT2D eigenvalue weighted by Crippen LogP contribution is -2.45. The summed E-state index contributed by atoms with van der Waals surface area (Å²) in [4.78, 5) is 37.0. The van der Waals surface area contributed by atoms with E-state index in [0.717, 1.165) is 81.7 Å². The summed E-state index contributed by atoms with van der Waals surface area (Å²) in [5.74, 6) is 0.741. The molecule has 0 aliphatic carbocycles. The summed E-state index contributed by atoms with van der Waals surface area (Å²) in [6, 6.07) is 14.9. The summed E-state index contributed by atoms with van der Waals surface area (Å²) in [5.41, 5.74) is 2.32. The number of hydrogen-bond donors (Lipinski definition) is 0. The van der Waals surface area contributed by atoms with Gasteiger partial charge < -0.3 is 14.4 Å². The third-order valence-electron chi connectivity index (χ3n) is 7.61. The van der Waals surface area contributed by atoms with E-state index < -0.39 is 11.2 Å². The van der Waals surface area contributed by atoms with Gasteiger partial charge in [-0.15, -0.1) is 0 Å². The number of nitrogens with zero attached hydrogens (tertiary/aromatic N) is 4. The summed E-state index contributed by atoms with van der Waals surface area (Å²) in [6.07, 6.45) is 5.93. The van der Waals surface area contributed by atoms with E-state index in [9.17, 15) is 9.59 Å². The van der Waals surface area contributed by atoms with E-state index in [1.54, 1.807) is 4.90 Å². The molecular formula is C34H50N4O4. The first-order valence-electron chi connectivity index (χ1n) is 15.6. The van der Waals surface area contributed by atoms with Crippen LogP contribution in [0.25, 0.3) is 0 Å². The van der Waals surface area contributed by atoms with Gasteiger partial charge in [-0.05, 0) is 97.3 Å². The van der Waals surface area contributed by atoms with Gasteiger partial charge in [0, 0.05) is 44.5 Å². The van der Waals surface area contributed by atoms with Crippen LogP contribution in [0.1, 0.15) is 90.5 Å². The minimum Gasteiger partial charge on any atom is -0.444 e. The highest BCUT2D eigenvalue weighted by atomic mass is 16.6. The standard InChI is InChI=1S/C34H50N4O4/c1-33(2,3)41-31(39)37(29-20-23-36(25-29)24-26-14-9-7-10-15-26)21-12-8-11-17-28-19-18-27-16-13-22-38(30(27)35-28)32(40)42-34(4,5)6/h7,9-10,14-15,18-19,29H,8,11-13,16-17,20-25H2,1-6H3/t29-/m1/s1. The summed E-state index contributed by atoms with van der Waals surface area (Å²) >= 11 is 0. The van der Waals surface area contributed by atoms with Crippen LogP contribution in [-0.2, 0) is 28.9 Å². The summed E-state index contributed by atoms with van der Waals surface area (Å²) < 4.78 is 11.5. The molecule has 2 aliphatic heterocycles. The number of aromatic nitrogens is 1. The maximum Gasteiger partial charge on any atom is 0.416 e. The van der Waals surface area contributed by atoms with E-state index in [2.05, 4.69) is 41.3 Å². The average molecular weight is 579 g/mol. The predicted octanol–water partition coefficient (Wildman–Crippen LogP) is 6.99. The number of benzene rings is 1. The van der Waals surface area contributed by atoms with Crippen LogP contribution in [-0.4, -0.2) is 70.4 Å². The fourth-order valence-electron chi connectivity index (χ4n) is 5.67. The molecule has 0 saturated carbocycles. The monoisotopic (exact) mass is 578 g/mol. The van der Waals surface area contributed by atoms with E-state index in [1.807, 2.05) is 52.5 Å². The lowest BCUT2D eigenvalue weighted by Gasteiger charge is -2.32. The van der Waals surface area contributed by atoms with Gasteiger partial charge in [0.05, 0.1) is 0 Å². The molecule has 4 rings (SSSR count). The number of unbranched alkanes of at least 4 members (excludes halogenated alkanes) is 2. The van der Waals surface area contributed by atoms with Crippen molar-refractivity contribution in [1.82, 2.24) is 14.8 Å². The van der Waals surface area contributed by atoms with Crippen molar-refractivity contribution >= 4 is 18.0 Å². The van der Waals surface area contributed by atoms with Gasteiger partial charge in [0.25, 0.3) is 0 Å². The molecule has 0 bridgehead atoms. The molecule has 0 unspecified atom stereocenters. The first kappa shape index (κ1) is 31.8. The third-order valence-corrected chi connectivity index (χ3v) is 7.61. The first-order chi connectivity index (χ1) is 19.9. The zero-order chi connectivity index (χ0) is 30.3. The molecule has 2 aliphatic rings. The van der Waals surface area contributed by atoms with Crippen LogP contribution < -0.4 is 4.90 Å². The van der Waals surface area contributed by atoms with Crippen LogP contribution in [0.5, 0.6) is 0 Å². The van der Waals surface area contributed by atoms with Crippen molar-refractivity contribution < 1.29 is 19.1 Å². The van der Waals surface area contributed by atoms with Crippen molar-refractivity contribution in [3.63, 3.8) is 0 Å². The summed E-state index contributed by atoms with van der Waals surface area (Å²) in [6.45, 7) is 15.5. The van der Waals surface area contributed by atoms with E-state index in [1.165, 1.54) is 5.56 Å². The van der Waals surface area contributed by atoms with Crippen LogP contribution in [0.2, 0.25) is 0 Å². The van der Waals surface area contributed by atoms with E-state index in [-0.39, 0.29) is 18.2 Å². The van der Waals surface area contributed by atoms with Crippen molar-refractivity contribution in [1.29, 1.82) is 0 Å². The molecule has 42 heavy (non-hydrogen) atoms. The normalized spacial score (nSPS) is 17.6. The van der Waals surface area contributed by atoms with Gasteiger partial charge in [0.2, 0.25) is 0 Å². The van der Waals surface area contributed by atoms with Gasteiger partial charge in [-0.3, -0.25) is 9.80 Å². The number of aryl methyl sites for hydroxylation is 2. The van der Waals surface area contributed by atoms with Gasteiger partial charge in [-0.25, -0.2) is 14.6 Å². The fraction of sp³-hybridized carbons (Fsp3) is 0.618. The van der Waals surface area contributed by atoms with Crippen LogP contribution >= 0.6 is 0 Å². The highest BCUT2D eigenvalue weighted by Gasteiger charge is 2.33. The Morgan fingerprint density at radius 3 is 2.38 bits per heavy atom.